The summed E-state index contributed by atoms with van der Waals surface area (Å²) in [5, 5.41) is 27.7. The van der Waals surface area contributed by atoms with Gasteiger partial charge in [0.1, 0.15) is 34.7 Å². The third-order valence-electron chi connectivity index (χ3n) is 4.23. The first-order valence-corrected chi connectivity index (χ1v) is 8.94. The monoisotopic (exact) mass is 405 g/mol. The Balaban J connectivity index is 2.20. The number of nitro benzene ring substituents is 1. The van der Waals surface area contributed by atoms with Gasteiger partial charge in [-0.2, -0.15) is 10.4 Å². The molecule has 0 saturated carbocycles. The van der Waals surface area contributed by atoms with Gasteiger partial charge < -0.3 is 11.1 Å². The van der Waals surface area contributed by atoms with Crippen LogP contribution in [0.2, 0.25) is 0 Å². The minimum atomic E-state index is -0.724. The molecule has 0 aliphatic carbocycles. The summed E-state index contributed by atoms with van der Waals surface area (Å²) >= 11 is 0. The molecule has 10 heteroatoms. The van der Waals surface area contributed by atoms with Crippen LogP contribution in [-0.4, -0.2) is 25.6 Å². The lowest BCUT2D eigenvalue weighted by atomic mass is 10.1. The average Bonchev–Trinajstić information content (AvgIpc) is 3.08. The third kappa shape index (κ3) is 3.95. The molecule has 2 heterocycles. The molecule has 152 valence electrons. The fraction of sp³-hybridized carbons (Fsp3) is 0.200. The number of pyridine rings is 1. The van der Waals surface area contributed by atoms with Crippen molar-refractivity contribution in [2.75, 3.05) is 5.32 Å². The number of benzene rings is 1. The van der Waals surface area contributed by atoms with Crippen LogP contribution >= 0.6 is 0 Å². The fourth-order valence-corrected chi connectivity index (χ4v) is 2.88. The molecule has 0 aliphatic heterocycles. The van der Waals surface area contributed by atoms with Crippen LogP contribution in [0.25, 0.3) is 11.3 Å². The van der Waals surface area contributed by atoms with Crippen LogP contribution in [0.3, 0.4) is 0 Å². The number of nitrogens with one attached hydrogen (secondary N) is 1. The van der Waals surface area contributed by atoms with Gasteiger partial charge in [-0.15, -0.1) is 0 Å². The van der Waals surface area contributed by atoms with E-state index in [1.54, 1.807) is 22.9 Å². The number of hydrogen-bond acceptors (Lipinski definition) is 7. The van der Waals surface area contributed by atoms with Gasteiger partial charge in [-0.1, -0.05) is 6.07 Å². The fourth-order valence-electron chi connectivity index (χ4n) is 2.88. The summed E-state index contributed by atoms with van der Waals surface area (Å²) in [7, 11) is 0. The molecule has 0 spiro atoms. The van der Waals surface area contributed by atoms with Gasteiger partial charge in [0.05, 0.1) is 10.5 Å². The molecular formula is C20H19N7O3. The van der Waals surface area contributed by atoms with Crippen molar-refractivity contribution in [3.63, 3.8) is 0 Å². The van der Waals surface area contributed by atoms with E-state index < -0.39 is 16.4 Å². The summed E-state index contributed by atoms with van der Waals surface area (Å²) in [6.45, 7) is 5.69. The molecule has 3 aromatic rings. The highest BCUT2D eigenvalue weighted by atomic mass is 16.6. The zero-order valence-corrected chi connectivity index (χ0v) is 16.6. The molecule has 30 heavy (non-hydrogen) atoms. The predicted octanol–water partition coefficient (Wildman–Crippen LogP) is 3.32. The first-order valence-electron chi connectivity index (χ1n) is 8.94. The van der Waals surface area contributed by atoms with Crippen molar-refractivity contribution in [3.8, 4) is 17.3 Å². The second-order valence-corrected chi connectivity index (χ2v) is 7.47. The Bertz CT molecular complexity index is 1170. The summed E-state index contributed by atoms with van der Waals surface area (Å²) in [6.07, 6.45) is 0. The van der Waals surface area contributed by atoms with E-state index in [-0.39, 0.29) is 22.6 Å². The van der Waals surface area contributed by atoms with E-state index in [9.17, 15) is 14.9 Å². The lowest BCUT2D eigenvalue weighted by Crippen LogP contribution is -2.25. The molecule has 0 radical (unpaired) electrons. The van der Waals surface area contributed by atoms with Crippen molar-refractivity contribution >= 4 is 23.2 Å². The maximum atomic E-state index is 12.4. The molecule has 3 rings (SSSR count). The minimum absolute atomic E-state index is 0.0782. The van der Waals surface area contributed by atoms with Crippen LogP contribution in [0.1, 0.15) is 36.8 Å². The zero-order valence-electron chi connectivity index (χ0n) is 16.6. The number of nitrogens with zero attached hydrogens (tertiary/aromatic N) is 5. The SMILES string of the molecule is CC(C)(C)n1nc(-c2ccc([N+](=O)[O-])cc2)c(C(N)=O)c1Nc1cccc(C#N)n1. The average molecular weight is 405 g/mol. The van der Waals surface area contributed by atoms with Crippen molar-refractivity contribution in [1.82, 2.24) is 14.8 Å². The van der Waals surface area contributed by atoms with Crippen LogP contribution < -0.4 is 11.1 Å². The summed E-state index contributed by atoms with van der Waals surface area (Å²) in [5.41, 5.74) is 6.17. The Morgan fingerprint density at radius 3 is 2.43 bits per heavy atom. The molecule has 0 fully saturated rings. The predicted molar refractivity (Wildman–Crippen MR) is 110 cm³/mol. The highest BCUT2D eigenvalue weighted by molar-refractivity contribution is 6.04. The first-order chi connectivity index (χ1) is 14.1. The van der Waals surface area contributed by atoms with Crippen molar-refractivity contribution in [2.24, 2.45) is 5.73 Å². The summed E-state index contributed by atoms with van der Waals surface area (Å²) in [5.74, 6) is -0.0686. The van der Waals surface area contributed by atoms with Crippen LogP contribution in [0.15, 0.2) is 42.5 Å². The van der Waals surface area contributed by atoms with Crippen molar-refractivity contribution in [1.29, 1.82) is 5.26 Å². The topological polar surface area (TPSA) is 153 Å². The van der Waals surface area contributed by atoms with Crippen molar-refractivity contribution in [3.05, 3.63) is 63.8 Å². The van der Waals surface area contributed by atoms with Gasteiger partial charge in [0.25, 0.3) is 11.6 Å². The maximum Gasteiger partial charge on any atom is 0.269 e. The number of aromatic nitrogens is 3. The molecule has 0 atom stereocenters. The Morgan fingerprint density at radius 2 is 1.90 bits per heavy atom. The molecule has 10 nitrogen and oxygen atoms in total. The first kappa shape index (κ1) is 20.5. The Kier molecular flexibility index (Phi) is 5.21. The number of non-ortho nitro benzene ring substituents is 1. The zero-order chi connectivity index (χ0) is 22.1. The number of nitro groups is 1. The van der Waals surface area contributed by atoms with Crippen LogP contribution in [0, 0.1) is 21.4 Å². The number of nitriles is 1. The highest BCUT2D eigenvalue weighted by Crippen LogP contribution is 2.34. The van der Waals surface area contributed by atoms with Crippen LogP contribution in [0.5, 0.6) is 0 Å². The van der Waals surface area contributed by atoms with Crippen molar-refractivity contribution < 1.29 is 9.72 Å². The molecule has 1 amide bonds. The number of rotatable bonds is 5. The number of carbonyl (C=O) groups excluding carboxylic acids is 1. The summed E-state index contributed by atoms with van der Waals surface area (Å²) in [4.78, 5) is 27.0. The van der Waals surface area contributed by atoms with E-state index in [4.69, 9.17) is 11.0 Å². The Labute approximate surface area is 172 Å². The molecule has 0 bridgehead atoms. The van der Waals surface area contributed by atoms with E-state index in [0.717, 1.165) is 0 Å². The lowest BCUT2D eigenvalue weighted by molar-refractivity contribution is -0.384. The molecule has 3 N–H and O–H groups in total. The number of carbonyl (C=O) groups is 1. The van der Waals surface area contributed by atoms with Gasteiger partial charge in [-0.05, 0) is 45.0 Å². The second-order valence-electron chi connectivity index (χ2n) is 7.47. The van der Waals surface area contributed by atoms with Gasteiger partial charge in [-0.25, -0.2) is 9.67 Å². The molecular weight excluding hydrogens is 386 g/mol. The van der Waals surface area contributed by atoms with Gasteiger partial charge in [0, 0.05) is 17.7 Å². The number of primary amides is 1. The quantitative estimate of drug-likeness (QED) is 0.487. The molecule has 0 aliphatic rings. The van der Waals surface area contributed by atoms with Crippen LogP contribution in [-0.2, 0) is 5.54 Å². The Hall–Kier alpha value is -4.26. The number of hydrogen-bond donors (Lipinski definition) is 2. The Morgan fingerprint density at radius 1 is 1.23 bits per heavy atom. The molecule has 0 saturated heterocycles. The van der Waals surface area contributed by atoms with Crippen molar-refractivity contribution in [2.45, 2.75) is 26.3 Å². The smallest absolute Gasteiger partial charge is 0.269 e. The van der Waals surface area contributed by atoms with E-state index in [2.05, 4.69) is 15.4 Å². The maximum absolute atomic E-state index is 12.4. The van der Waals surface area contributed by atoms with Gasteiger partial charge in [0.2, 0.25) is 0 Å². The third-order valence-corrected chi connectivity index (χ3v) is 4.23. The van der Waals surface area contributed by atoms with E-state index in [0.29, 0.717) is 17.2 Å². The largest absolute Gasteiger partial charge is 0.365 e. The van der Waals surface area contributed by atoms with Gasteiger partial charge in [0.15, 0.2) is 0 Å². The normalized spacial score (nSPS) is 11.0. The van der Waals surface area contributed by atoms with E-state index in [1.165, 1.54) is 24.3 Å². The van der Waals surface area contributed by atoms with E-state index in [1.807, 2.05) is 26.8 Å². The molecule has 2 aromatic heterocycles. The summed E-state index contributed by atoms with van der Waals surface area (Å²) in [6, 6.07) is 12.5. The molecule has 1 aromatic carbocycles. The minimum Gasteiger partial charge on any atom is -0.365 e. The molecule has 0 unspecified atom stereocenters. The second kappa shape index (κ2) is 7.63. The van der Waals surface area contributed by atoms with Gasteiger partial charge in [-0.3, -0.25) is 14.9 Å². The van der Waals surface area contributed by atoms with Crippen LogP contribution in [0.4, 0.5) is 17.3 Å². The summed E-state index contributed by atoms with van der Waals surface area (Å²) < 4.78 is 1.60. The van der Waals surface area contributed by atoms with Gasteiger partial charge >= 0.3 is 0 Å². The number of amides is 1. The number of nitrogens with two attached hydrogens (primary N) is 1. The standard InChI is InChI=1S/C20H19N7O3/c1-20(2,3)26-19(24-15-6-4-5-13(11-21)23-15)16(18(22)28)17(25-26)12-7-9-14(10-8-12)27(29)30/h4-10H,1-3H3,(H2,22,28)(H,23,24). The number of anilines is 2. The van der Waals surface area contributed by atoms with E-state index >= 15 is 0 Å². The highest BCUT2D eigenvalue weighted by Gasteiger charge is 2.29. The lowest BCUT2D eigenvalue weighted by Gasteiger charge is -2.23.